The van der Waals surface area contributed by atoms with Crippen molar-refractivity contribution in [2.75, 3.05) is 6.54 Å². The van der Waals surface area contributed by atoms with E-state index in [-0.39, 0.29) is 17.4 Å². The van der Waals surface area contributed by atoms with Gasteiger partial charge in [-0.15, -0.1) is 0 Å². The zero-order valence-electron chi connectivity index (χ0n) is 13.4. The van der Waals surface area contributed by atoms with Crippen molar-refractivity contribution in [3.05, 3.63) is 0 Å². The van der Waals surface area contributed by atoms with Crippen molar-refractivity contribution in [1.82, 2.24) is 5.32 Å². The standard InChI is InChI=1S/C16H34N2O/c1-5-6-7-8-9-10-11-15(19)18-13-14(17)12-16(2,3)4/h14H,5-13,17H2,1-4H3,(H,18,19). The van der Waals surface area contributed by atoms with Gasteiger partial charge in [0, 0.05) is 19.0 Å². The second-order valence-corrected chi connectivity index (χ2v) is 6.85. The van der Waals surface area contributed by atoms with Crippen LogP contribution in [0.4, 0.5) is 0 Å². The highest BCUT2D eigenvalue weighted by Gasteiger charge is 2.15. The highest BCUT2D eigenvalue weighted by atomic mass is 16.1. The molecule has 0 spiro atoms. The third-order valence-corrected chi connectivity index (χ3v) is 3.19. The second kappa shape index (κ2) is 10.2. The van der Waals surface area contributed by atoms with E-state index in [0.717, 1.165) is 12.8 Å². The Kier molecular flexibility index (Phi) is 9.94. The molecular weight excluding hydrogens is 236 g/mol. The Labute approximate surface area is 119 Å². The predicted octanol–water partition coefficient (Wildman–Crippen LogP) is 3.62. The van der Waals surface area contributed by atoms with Gasteiger partial charge in [0.2, 0.25) is 5.91 Å². The fourth-order valence-corrected chi connectivity index (χ4v) is 2.26. The fraction of sp³-hybridized carbons (Fsp3) is 0.938. The molecule has 3 nitrogen and oxygen atoms in total. The van der Waals surface area contributed by atoms with Crippen molar-refractivity contribution in [3.8, 4) is 0 Å². The first-order valence-electron chi connectivity index (χ1n) is 7.87. The van der Waals surface area contributed by atoms with E-state index >= 15 is 0 Å². The molecule has 1 atom stereocenters. The van der Waals surface area contributed by atoms with Gasteiger partial charge in [-0.05, 0) is 18.3 Å². The van der Waals surface area contributed by atoms with E-state index in [4.69, 9.17) is 5.73 Å². The van der Waals surface area contributed by atoms with Crippen LogP contribution >= 0.6 is 0 Å². The Balaban J connectivity index is 3.49. The molecule has 0 saturated carbocycles. The minimum Gasteiger partial charge on any atom is -0.355 e. The van der Waals surface area contributed by atoms with Crippen LogP contribution in [0.1, 0.15) is 79.1 Å². The number of nitrogens with two attached hydrogens (primary N) is 1. The van der Waals surface area contributed by atoms with Crippen LogP contribution in [0, 0.1) is 5.41 Å². The second-order valence-electron chi connectivity index (χ2n) is 6.85. The first kappa shape index (κ1) is 18.4. The van der Waals surface area contributed by atoms with E-state index < -0.39 is 0 Å². The summed E-state index contributed by atoms with van der Waals surface area (Å²) in [6.45, 7) is 9.33. The van der Waals surface area contributed by atoms with E-state index in [1.54, 1.807) is 0 Å². The summed E-state index contributed by atoms with van der Waals surface area (Å²) in [6, 6.07) is 0.0634. The third kappa shape index (κ3) is 13.7. The molecule has 19 heavy (non-hydrogen) atoms. The van der Waals surface area contributed by atoms with Crippen LogP contribution in [-0.2, 0) is 4.79 Å². The number of unbranched alkanes of at least 4 members (excludes halogenated alkanes) is 5. The van der Waals surface area contributed by atoms with Crippen molar-refractivity contribution >= 4 is 5.91 Å². The summed E-state index contributed by atoms with van der Waals surface area (Å²) in [5.74, 6) is 0.153. The summed E-state index contributed by atoms with van der Waals surface area (Å²) in [6.07, 6.45) is 8.89. The molecule has 3 N–H and O–H groups in total. The maximum Gasteiger partial charge on any atom is 0.220 e. The van der Waals surface area contributed by atoms with Gasteiger partial charge in [0.25, 0.3) is 0 Å². The Morgan fingerprint density at radius 1 is 1.11 bits per heavy atom. The lowest BCUT2D eigenvalue weighted by molar-refractivity contribution is -0.121. The number of hydrogen-bond donors (Lipinski definition) is 2. The third-order valence-electron chi connectivity index (χ3n) is 3.19. The Bertz CT molecular complexity index is 233. The first-order valence-corrected chi connectivity index (χ1v) is 7.87. The van der Waals surface area contributed by atoms with Crippen molar-refractivity contribution in [3.63, 3.8) is 0 Å². The van der Waals surface area contributed by atoms with Crippen LogP contribution in [0.5, 0.6) is 0 Å². The van der Waals surface area contributed by atoms with Gasteiger partial charge in [-0.25, -0.2) is 0 Å². The summed E-state index contributed by atoms with van der Waals surface area (Å²) in [5.41, 5.74) is 6.23. The van der Waals surface area contributed by atoms with Crippen molar-refractivity contribution < 1.29 is 4.79 Å². The van der Waals surface area contributed by atoms with Gasteiger partial charge in [0.15, 0.2) is 0 Å². The van der Waals surface area contributed by atoms with Crippen molar-refractivity contribution in [2.24, 2.45) is 11.1 Å². The van der Waals surface area contributed by atoms with Crippen molar-refractivity contribution in [2.45, 2.75) is 85.1 Å². The molecule has 1 amide bonds. The van der Waals surface area contributed by atoms with Gasteiger partial charge >= 0.3 is 0 Å². The molecule has 0 aromatic carbocycles. The molecule has 3 heteroatoms. The quantitative estimate of drug-likeness (QED) is 0.596. The zero-order valence-corrected chi connectivity index (χ0v) is 13.4. The predicted molar refractivity (Wildman–Crippen MR) is 83.1 cm³/mol. The highest BCUT2D eigenvalue weighted by molar-refractivity contribution is 5.75. The average Bonchev–Trinajstić information content (AvgIpc) is 2.29. The molecule has 0 saturated heterocycles. The molecule has 0 aliphatic rings. The molecule has 114 valence electrons. The van der Waals surface area contributed by atoms with E-state index in [1.165, 1.54) is 32.1 Å². The number of amides is 1. The minimum absolute atomic E-state index is 0.0634. The molecule has 0 fully saturated rings. The monoisotopic (exact) mass is 270 g/mol. The number of rotatable bonds is 10. The molecule has 0 aliphatic carbocycles. The molecule has 0 aliphatic heterocycles. The Morgan fingerprint density at radius 3 is 2.26 bits per heavy atom. The highest BCUT2D eigenvalue weighted by Crippen LogP contribution is 2.19. The van der Waals surface area contributed by atoms with Gasteiger partial charge in [-0.2, -0.15) is 0 Å². The topological polar surface area (TPSA) is 55.1 Å². The number of hydrogen-bond acceptors (Lipinski definition) is 2. The fourth-order valence-electron chi connectivity index (χ4n) is 2.26. The summed E-state index contributed by atoms with van der Waals surface area (Å²) >= 11 is 0. The van der Waals surface area contributed by atoms with Crippen LogP contribution in [-0.4, -0.2) is 18.5 Å². The molecule has 0 rings (SSSR count). The maximum absolute atomic E-state index is 11.6. The SMILES string of the molecule is CCCCCCCCC(=O)NCC(N)CC(C)(C)C. The lowest BCUT2D eigenvalue weighted by atomic mass is 9.88. The van der Waals surface area contributed by atoms with E-state index in [2.05, 4.69) is 33.0 Å². The lowest BCUT2D eigenvalue weighted by Crippen LogP contribution is -2.39. The molecule has 0 heterocycles. The minimum atomic E-state index is 0.0634. The summed E-state index contributed by atoms with van der Waals surface area (Å²) in [4.78, 5) is 11.6. The Morgan fingerprint density at radius 2 is 1.68 bits per heavy atom. The summed E-state index contributed by atoms with van der Waals surface area (Å²) < 4.78 is 0. The summed E-state index contributed by atoms with van der Waals surface area (Å²) in [5, 5.41) is 2.94. The van der Waals surface area contributed by atoms with Gasteiger partial charge < -0.3 is 11.1 Å². The van der Waals surface area contributed by atoms with Crippen LogP contribution in [0.3, 0.4) is 0 Å². The van der Waals surface area contributed by atoms with Crippen LogP contribution < -0.4 is 11.1 Å². The van der Waals surface area contributed by atoms with E-state index in [9.17, 15) is 4.79 Å². The van der Waals surface area contributed by atoms with Gasteiger partial charge in [0.1, 0.15) is 0 Å². The van der Waals surface area contributed by atoms with Gasteiger partial charge in [-0.1, -0.05) is 59.8 Å². The van der Waals surface area contributed by atoms with Crippen LogP contribution in [0.25, 0.3) is 0 Å². The Hall–Kier alpha value is -0.570. The average molecular weight is 270 g/mol. The number of nitrogens with one attached hydrogen (secondary N) is 1. The van der Waals surface area contributed by atoms with E-state index in [0.29, 0.717) is 13.0 Å². The van der Waals surface area contributed by atoms with Crippen molar-refractivity contribution in [1.29, 1.82) is 0 Å². The smallest absolute Gasteiger partial charge is 0.220 e. The molecule has 0 bridgehead atoms. The lowest BCUT2D eigenvalue weighted by Gasteiger charge is -2.23. The molecule has 0 aromatic heterocycles. The normalized spacial score (nSPS) is 13.3. The van der Waals surface area contributed by atoms with Crippen LogP contribution in [0.2, 0.25) is 0 Å². The van der Waals surface area contributed by atoms with Crippen LogP contribution in [0.15, 0.2) is 0 Å². The zero-order chi connectivity index (χ0) is 14.7. The van der Waals surface area contributed by atoms with Gasteiger partial charge in [-0.3, -0.25) is 4.79 Å². The molecule has 0 radical (unpaired) electrons. The maximum atomic E-state index is 11.6. The molecular formula is C16H34N2O. The molecule has 1 unspecified atom stereocenters. The largest absolute Gasteiger partial charge is 0.355 e. The van der Waals surface area contributed by atoms with E-state index in [1.807, 2.05) is 0 Å². The number of carbonyl (C=O) groups excluding carboxylic acids is 1. The summed E-state index contributed by atoms with van der Waals surface area (Å²) in [7, 11) is 0. The molecule has 0 aromatic rings. The first-order chi connectivity index (χ1) is 8.85. The number of carbonyl (C=O) groups is 1. The van der Waals surface area contributed by atoms with Gasteiger partial charge in [0.05, 0.1) is 0 Å².